The minimum atomic E-state index is -0.426. The van der Waals surface area contributed by atoms with Crippen LogP contribution in [0.4, 0.5) is 5.82 Å². The third-order valence-electron chi connectivity index (χ3n) is 7.07. The van der Waals surface area contributed by atoms with E-state index in [9.17, 15) is 9.59 Å². The molecule has 8 nitrogen and oxygen atoms in total. The van der Waals surface area contributed by atoms with Crippen molar-refractivity contribution in [2.75, 3.05) is 25.0 Å². The molecule has 3 aliphatic rings. The molecule has 2 aliphatic carbocycles. The summed E-state index contributed by atoms with van der Waals surface area (Å²) in [6.07, 6.45) is 18.2. The first-order valence-corrected chi connectivity index (χ1v) is 12.4. The molecule has 1 aliphatic heterocycles. The van der Waals surface area contributed by atoms with Crippen LogP contribution in [0.2, 0.25) is 0 Å². The van der Waals surface area contributed by atoms with Gasteiger partial charge >= 0.3 is 0 Å². The second-order valence-electron chi connectivity index (χ2n) is 9.37. The van der Waals surface area contributed by atoms with Gasteiger partial charge in [-0.25, -0.2) is 9.97 Å². The van der Waals surface area contributed by atoms with Gasteiger partial charge in [-0.3, -0.25) is 9.59 Å². The molecule has 1 atom stereocenters. The van der Waals surface area contributed by atoms with Crippen LogP contribution in [-0.4, -0.2) is 58.4 Å². The van der Waals surface area contributed by atoms with E-state index in [2.05, 4.69) is 38.8 Å². The maximum Gasteiger partial charge on any atom is 0.273 e. The number of allylic oxidation sites excluding steroid dienone is 3. The molecule has 2 fully saturated rings. The predicted molar refractivity (Wildman–Crippen MR) is 129 cm³/mol. The zero-order valence-corrected chi connectivity index (χ0v) is 19.3. The predicted octanol–water partition coefficient (Wildman–Crippen LogP) is 2.79. The van der Waals surface area contributed by atoms with Gasteiger partial charge in [0.05, 0.1) is 6.04 Å². The number of anilines is 1. The number of nitrogens with one attached hydrogen (secondary N) is 2. The van der Waals surface area contributed by atoms with Crippen LogP contribution < -0.4 is 16.4 Å². The molecule has 0 aromatic carbocycles. The fraction of sp³-hybridized carbons (Fsp3) is 0.600. The molecule has 4 N–H and O–H groups in total. The zero-order chi connectivity index (χ0) is 23.0. The lowest BCUT2D eigenvalue weighted by Gasteiger charge is -2.33. The van der Waals surface area contributed by atoms with Crippen molar-refractivity contribution in [2.24, 2.45) is 11.7 Å². The lowest BCUT2D eigenvalue weighted by molar-refractivity contribution is -0.133. The fourth-order valence-electron chi connectivity index (χ4n) is 5.06. The Morgan fingerprint density at radius 2 is 1.88 bits per heavy atom. The first-order valence-electron chi connectivity index (χ1n) is 12.4. The van der Waals surface area contributed by atoms with Gasteiger partial charge in [0.25, 0.3) is 5.91 Å². The van der Waals surface area contributed by atoms with Crippen LogP contribution in [0, 0.1) is 5.92 Å². The molecule has 0 bridgehead atoms. The fourth-order valence-corrected chi connectivity index (χ4v) is 5.06. The number of carbonyl (C=O) groups is 2. The van der Waals surface area contributed by atoms with E-state index >= 15 is 0 Å². The van der Waals surface area contributed by atoms with E-state index in [1.165, 1.54) is 5.57 Å². The zero-order valence-electron chi connectivity index (χ0n) is 19.3. The molecule has 1 saturated heterocycles. The van der Waals surface area contributed by atoms with E-state index in [1.807, 2.05) is 4.90 Å². The first-order chi connectivity index (χ1) is 16.1. The highest BCUT2D eigenvalue weighted by Crippen LogP contribution is 2.28. The number of nitrogens with two attached hydrogens (primary N) is 1. The highest BCUT2D eigenvalue weighted by atomic mass is 16.2. The van der Waals surface area contributed by atoms with Gasteiger partial charge in [0.15, 0.2) is 11.5 Å². The van der Waals surface area contributed by atoms with Gasteiger partial charge in [0, 0.05) is 38.1 Å². The summed E-state index contributed by atoms with van der Waals surface area (Å²) in [5.74, 6) is 0.597. The summed E-state index contributed by atoms with van der Waals surface area (Å²) >= 11 is 0. The Morgan fingerprint density at radius 3 is 2.61 bits per heavy atom. The normalized spacial score (nSPS) is 23.7. The van der Waals surface area contributed by atoms with Gasteiger partial charge in [-0.2, -0.15) is 0 Å². The van der Waals surface area contributed by atoms with Gasteiger partial charge < -0.3 is 21.3 Å². The highest BCUT2D eigenvalue weighted by molar-refractivity contribution is 5.96. The highest BCUT2D eigenvalue weighted by Gasteiger charge is 2.33. The minimum Gasteiger partial charge on any atom is -0.368 e. The van der Waals surface area contributed by atoms with Crippen molar-refractivity contribution < 1.29 is 9.59 Å². The van der Waals surface area contributed by atoms with Crippen molar-refractivity contribution in [2.45, 2.75) is 69.9 Å². The summed E-state index contributed by atoms with van der Waals surface area (Å²) in [7, 11) is 0. The summed E-state index contributed by atoms with van der Waals surface area (Å²) in [5, 5.41) is 6.40. The molecule has 178 valence electrons. The van der Waals surface area contributed by atoms with E-state index < -0.39 is 6.04 Å². The Morgan fingerprint density at radius 1 is 1.12 bits per heavy atom. The topological polar surface area (TPSA) is 113 Å². The van der Waals surface area contributed by atoms with Crippen molar-refractivity contribution in [3.63, 3.8) is 0 Å². The molecule has 1 aromatic rings. The number of hydrogen-bond acceptors (Lipinski definition) is 6. The number of nitrogens with zero attached hydrogens (tertiary/aromatic N) is 3. The Hall–Kier alpha value is -2.74. The molecule has 0 spiro atoms. The molecule has 4 rings (SSSR count). The number of carbonyl (C=O) groups excluding carboxylic acids is 2. The second-order valence-corrected chi connectivity index (χ2v) is 9.37. The monoisotopic (exact) mass is 452 g/mol. The maximum absolute atomic E-state index is 12.9. The van der Waals surface area contributed by atoms with E-state index in [0.29, 0.717) is 18.1 Å². The lowest BCUT2D eigenvalue weighted by atomic mass is 9.81. The van der Waals surface area contributed by atoms with E-state index in [1.54, 1.807) is 12.4 Å². The second kappa shape index (κ2) is 11.4. The maximum atomic E-state index is 12.9. The Bertz CT molecular complexity index is 885. The molecule has 33 heavy (non-hydrogen) atoms. The number of amides is 2. The lowest BCUT2D eigenvalue weighted by Crippen LogP contribution is -2.49. The third-order valence-corrected chi connectivity index (χ3v) is 7.07. The number of likely N-dealkylation sites (tertiary alicyclic amines) is 1. The molecule has 1 saturated carbocycles. The van der Waals surface area contributed by atoms with Gasteiger partial charge in [-0.05, 0) is 63.7 Å². The molecular weight excluding hydrogens is 416 g/mol. The average Bonchev–Trinajstić information content (AvgIpc) is 3.40. The van der Waals surface area contributed by atoms with Gasteiger partial charge in [0.2, 0.25) is 5.91 Å². The van der Waals surface area contributed by atoms with Gasteiger partial charge in [0.1, 0.15) is 0 Å². The summed E-state index contributed by atoms with van der Waals surface area (Å²) in [6.45, 7) is 2.38. The Labute approximate surface area is 196 Å². The van der Waals surface area contributed by atoms with Crippen molar-refractivity contribution in [3.05, 3.63) is 41.9 Å². The van der Waals surface area contributed by atoms with Gasteiger partial charge in [-0.1, -0.05) is 23.8 Å². The molecule has 0 unspecified atom stereocenters. The van der Waals surface area contributed by atoms with Crippen molar-refractivity contribution >= 4 is 17.6 Å². The quantitative estimate of drug-likeness (QED) is 0.559. The van der Waals surface area contributed by atoms with Crippen LogP contribution in [0.3, 0.4) is 0 Å². The molecular formula is C25H36N6O2. The van der Waals surface area contributed by atoms with E-state index in [0.717, 1.165) is 70.9 Å². The SMILES string of the molecule is N[C@H](C(=O)N1CCCC1)C1CCC(NC(=O)c2nccnc2NCCC2=CC=CCC2)CC1. The Balaban J connectivity index is 1.25. The number of hydrogen-bond donors (Lipinski definition) is 3. The van der Waals surface area contributed by atoms with Crippen LogP contribution in [0.25, 0.3) is 0 Å². The molecule has 2 amide bonds. The third kappa shape index (κ3) is 6.19. The number of aromatic nitrogens is 2. The first kappa shape index (κ1) is 23.4. The number of rotatable bonds is 8. The van der Waals surface area contributed by atoms with Crippen molar-refractivity contribution in [1.29, 1.82) is 0 Å². The van der Waals surface area contributed by atoms with Crippen LogP contribution in [0.1, 0.15) is 68.3 Å². The summed E-state index contributed by atoms with van der Waals surface area (Å²) < 4.78 is 0. The molecule has 2 heterocycles. The Kier molecular flexibility index (Phi) is 8.10. The minimum absolute atomic E-state index is 0.0666. The van der Waals surface area contributed by atoms with E-state index in [-0.39, 0.29) is 23.8 Å². The van der Waals surface area contributed by atoms with Crippen LogP contribution in [0.15, 0.2) is 36.2 Å². The van der Waals surface area contributed by atoms with E-state index in [4.69, 9.17) is 5.73 Å². The summed E-state index contributed by atoms with van der Waals surface area (Å²) in [4.78, 5) is 36.1. The van der Waals surface area contributed by atoms with Crippen LogP contribution >= 0.6 is 0 Å². The molecule has 0 radical (unpaired) electrons. The standard InChI is InChI=1S/C25H36N6O2/c26-21(25(33)31-16-4-5-17-31)19-8-10-20(11-9-19)30-24(32)22-23(29-15-14-27-22)28-13-12-18-6-2-1-3-7-18/h1-2,6,14-15,19-21H,3-5,7-13,16-17,26H2,(H,28,29)(H,30,32)/t19?,20?,21-/m0/s1. The smallest absolute Gasteiger partial charge is 0.273 e. The van der Waals surface area contributed by atoms with Crippen LogP contribution in [0.5, 0.6) is 0 Å². The van der Waals surface area contributed by atoms with Crippen molar-refractivity contribution in [3.8, 4) is 0 Å². The summed E-state index contributed by atoms with van der Waals surface area (Å²) in [5.41, 5.74) is 8.05. The molecule has 1 aromatic heterocycles. The van der Waals surface area contributed by atoms with Crippen molar-refractivity contribution in [1.82, 2.24) is 20.2 Å². The molecule has 8 heteroatoms. The van der Waals surface area contributed by atoms with Crippen LogP contribution in [-0.2, 0) is 4.79 Å². The van der Waals surface area contributed by atoms with Gasteiger partial charge in [-0.15, -0.1) is 0 Å². The average molecular weight is 453 g/mol. The largest absolute Gasteiger partial charge is 0.368 e. The summed E-state index contributed by atoms with van der Waals surface area (Å²) in [6, 6.07) is -0.359.